The van der Waals surface area contributed by atoms with Crippen molar-refractivity contribution < 1.29 is 80.7 Å². The van der Waals surface area contributed by atoms with Gasteiger partial charge in [0, 0.05) is 18.7 Å². The smallest absolute Gasteiger partial charge is 0.407 e. The summed E-state index contributed by atoms with van der Waals surface area (Å²) < 4.78 is 76.1. The minimum absolute atomic E-state index is 0.231. The Morgan fingerprint density at radius 2 is 0.695 bits per heavy atom. The molecule has 0 saturated carbocycles. The molecule has 1 aliphatic rings. The fraction of sp³-hybridized carbons (Fsp3) is 0.725. The average molecular weight is 847 g/mol. The molecule has 0 aliphatic carbocycles. The first-order chi connectivity index (χ1) is 29.2. The molecule has 0 atom stereocenters. The molecular formula is C40H66N2O17. The highest BCUT2D eigenvalue weighted by atomic mass is 16.6. The van der Waals surface area contributed by atoms with Crippen molar-refractivity contribution >= 4 is 17.9 Å². The second kappa shape index (κ2) is 40.3. The highest BCUT2D eigenvalue weighted by Gasteiger charge is 2.22. The maximum atomic E-state index is 11.7. The van der Waals surface area contributed by atoms with Crippen molar-refractivity contribution in [3.8, 4) is 0 Å². The van der Waals surface area contributed by atoms with Crippen LogP contribution in [0.15, 0.2) is 42.5 Å². The number of benzene rings is 1. The number of rotatable bonds is 44. The van der Waals surface area contributed by atoms with Gasteiger partial charge < -0.3 is 71.6 Å². The van der Waals surface area contributed by atoms with Crippen LogP contribution in [0.4, 0.5) is 4.79 Å². The highest BCUT2D eigenvalue weighted by Crippen LogP contribution is 2.03. The lowest BCUT2D eigenvalue weighted by molar-refractivity contribution is -0.137. The first kappa shape index (κ1) is 52.0. The molecule has 0 fully saturated rings. The van der Waals surface area contributed by atoms with Gasteiger partial charge in [-0.05, 0) is 5.56 Å². The molecular weight excluding hydrogens is 780 g/mol. The quantitative estimate of drug-likeness (QED) is 0.0723. The molecule has 338 valence electrons. The van der Waals surface area contributed by atoms with E-state index in [0.717, 1.165) is 10.5 Å². The van der Waals surface area contributed by atoms with Crippen LogP contribution in [0.25, 0.3) is 0 Å². The molecule has 19 nitrogen and oxygen atoms in total. The van der Waals surface area contributed by atoms with Crippen LogP contribution in [0.5, 0.6) is 0 Å². The number of carbonyl (C=O) groups is 3. The van der Waals surface area contributed by atoms with Crippen LogP contribution in [0.2, 0.25) is 0 Å². The van der Waals surface area contributed by atoms with Gasteiger partial charge in [-0.1, -0.05) is 30.3 Å². The number of nitrogens with one attached hydrogen (secondary N) is 1. The molecule has 1 N–H and O–H groups in total. The number of alkyl carbamates (subject to hydrolysis) is 1. The Bertz CT molecular complexity index is 1150. The van der Waals surface area contributed by atoms with E-state index < -0.39 is 6.09 Å². The third-order valence-electron chi connectivity index (χ3n) is 7.55. The molecule has 0 aromatic heterocycles. The summed E-state index contributed by atoms with van der Waals surface area (Å²) in [6.07, 6.45) is 2.03. The number of ether oxygens (including phenoxy) is 14. The summed E-state index contributed by atoms with van der Waals surface area (Å²) in [7, 11) is 0. The third kappa shape index (κ3) is 33.3. The van der Waals surface area contributed by atoms with Crippen molar-refractivity contribution in [1.29, 1.82) is 0 Å². The summed E-state index contributed by atoms with van der Waals surface area (Å²) in [5.74, 6) is -0.623. The maximum absolute atomic E-state index is 11.7. The molecule has 1 aromatic rings. The number of hydrogen-bond acceptors (Lipinski definition) is 17. The predicted octanol–water partition coefficient (Wildman–Crippen LogP) is 1.05. The Hall–Kier alpha value is -3.15. The van der Waals surface area contributed by atoms with Gasteiger partial charge in [0.2, 0.25) is 0 Å². The SMILES string of the molecule is O=C(NCCOCCOCCOCCOCCOCCOCCOCCOCCOCCOCCOCCOCCOCCN1C(=O)C=CC1=O)OCc1ccccc1. The van der Waals surface area contributed by atoms with Gasteiger partial charge in [-0.25, -0.2) is 4.79 Å². The lowest BCUT2D eigenvalue weighted by atomic mass is 10.2. The molecule has 0 bridgehead atoms. The van der Waals surface area contributed by atoms with E-state index in [-0.39, 0.29) is 31.6 Å². The normalized spacial score (nSPS) is 12.6. The Balaban J connectivity index is 1.12. The zero-order valence-electron chi connectivity index (χ0n) is 34.4. The van der Waals surface area contributed by atoms with Crippen LogP contribution in [-0.2, 0) is 82.5 Å². The lowest BCUT2D eigenvalue weighted by Gasteiger charge is -2.13. The number of carbonyl (C=O) groups excluding carboxylic acids is 3. The Morgan fingerprint density at radius 3 is 1.02 bits per heavy atom. The molecule has 19 heteroatoms. The molecule has 0 unspecified atom stereocenters. The van der Waals surface area contributed by atoms with Gasteiger partial charge in [0.15, 0.2) is 0 Å². The van der Waals surface area contributed by atoms with Gasteiger partial charge in [-0.3, -0.25) is 14.5 Å². The van der Waals surface area contributed by atoms with Crippen LogP contribution in [0.1, 0.15) is 5.56 Å². The molecule has 2 rings (SSSR count). The maximum Gasteiger partial charge on any atom is 0.407 e. The standard InChI is InChI=1S/C40H66N2O17/c43-38-6-7-39(44)42(38)9-11-47-13-15-49-17-19-51-21-23-53-25-27-55-29-31-57-33-35-58-34-32-56-30-28-54-26-24-52-22-20-50-18-16-48-14-12-46-10-8-41-40(45)59-36-37-4-2-1-3-5-37/h1-7H,8-36H2,(H,41,45). The summed E-state index contributed by atoms with van der Waals surface area (Å²) in [6, 6.07) is 9.49. The minimum Gasteiger partial charge on any atom is -0.445 e. The van der Waals surface area contributed by atoms with E-state index in [1.165, 1.54) is 12.2 Å². The summed E-state index contributed by atoms with van der Waals surface area (Å²) in [5.41, 5.74) is 0.932. The highest BCUT2D eigenvalue weighted by molar-refractivity contribution is 6.12. The average Bonchev–Trinajstić information content (AvgIpc) is 3.57. The van der Waals surface area contributed by atoms with Crippen molar-refractivity contribution in [2.24, 2.45) is 0 Å². The monoisotopic (exact) mass is 846 g/mol. The molecule has 3 amide bonds. The number of nitrogens with zero attached hydrogens (tertiary/aromatic N) is 1. The van der Waals surface area contributed by atoms with Gasteiger partial charge in [0.25, 0.3) is 11.8 Å². The predicted molar refractivity (Wildman–Crippen MR) is 211 cm³/mol. The van der Waals surface area contributed by atoms with E-state index in [0.29, 0.717) is 172 Å². The Labute approximate surface area is 348 Å². The molecule has 0 spiro atoms. The lowest BCUT2D eigenvalue weighted by Crippen LogP contribution is -2.33. The third-order valence-corrected chi connectivity index (χ3v) is 7.55. The van der Waals surface area contributed by atoms with Gasteiger partial charge in [0.05, 0.1) is 178 Å². The summed E-state index contributed by atoms with van der Waals surface area (Å²) in [6.45, 7) is 12.5. The van der Waals surface area contributed by atoms with E-state index in [2.05, 4.69) is 5.32 Å². The fourth-order valence-electron chi connectivity index (χ4n) is 4.55. The van der Waals surface area contributed by atoms with Crippen molar-refractivity contribution in [3.05, 3.63) is 48.0 Å². The first-order valence-electron chi connectivity index (χ1n) is 20.2. The van der Waals surface area contributed by atoms with E-state index in [1.807, 2.05) is 30.3 Å². The zero-order valence-corrected chi connectivity index (χ0v) is 34.4. The molecule has 1 aliphatic heterocycles. The summed E-state index contributed by atoms with van der Waals surface area (Å²) >= 11 is 0. The van der Waals surface area contributed by atoms with Gasteiger partial charge in [-0.15, -0.1) is 0 Å². The van der Waals surface area contributed by atoms with Gasteiger partial charge in [0.1, 0.15) is 6.61 Å². The zero-order chi connectivity index (χ0) is 41.9. The van der Waals surface area contributed by atoms with E-state index in [4.69, 9.17) is 66.3 Å². The van der Waals surface area contributed by atoms with Crippen molar-refractivity contribution in [2.75, 3.05) is 185 Å². The summed E-state index contributed by atoms with van der Waals surface area (Å²) in [4.78, 5) is 35.6. The first-order valence-corrected chi connectivity index (χ1v) is 20.2. The van der Waals surface area contributed by atoms with Crippen LogP contribution >= 0.6 is 0 Å². The van der Waals surface area contributed by atoms with Crippen LogP contribution in [0, 0.1) is 0 Å². The number of hydrogen-bond donors (Lipinski definition) is 1. The van der Waals surface area contributed by atoms with Crippen LogP contribution in [0.3, 0.4) is 0 Å². The second-order valence-corrected chi connectivity index (χ2v) is 12.1. The minimum atomic E-state index is -0.476. The van der Waals surface area contributed by atoms with Crippen molar-refractivity contribution in [1.82, 2.24) is 10.2 Å². The van der Waals surface area contributed by atoms with E-state index >= 15 is 0 Å². The molecule has 0 radical (unpaired) electrons. The Morgan fingerprint density at radius 1 is 0.407 bits per heavy atom. The Kier molecular flexibility index (Phi) is 35.5. The summed E-state index contributed by atoms with van der Waals surface area (Å²) in [5, 5.41) is 2.64. The van der Waals surface area contributed by atoms with Crippen LogP contribution in [-0.4, -0.2) is 208 Å². The van der Waals surface area contributed by atoms with Crippen molar-refractivity contribution in [2.45, 2.75) is 6.61 Å². The number of imide groups is 1. The van der Waals surface area contributed by atoms with Gasteiger partial charge >= 0.3 is 6.09 Å². The van der Waals surface area contributed by atoms with E-state index in [1.54, 1.807) is 0 Å². The fourth-order valence-corrected chi connectivity index (χ4v) is 4.55. The molecule has 0 saturated heterocycles. The van der Waals surface area contributed by atoms with E-state index in [9.17, 15) is 14.4 Å². The second-order valence-electron chi connectivity index (χ2n) is 12.1. The van der Waals surface area contributed by atoms with Crippen LogP contribution < -0.4 is 5.32 Å². The largest absolute Gasteiger partial charge is 0.445 e. The molecule has 59 heavy (non-hydrogen) atoms. The van der Waals surface area contributed by atoms with Gasteiger partial charge in [-0.2, -0.15) is 0 Å². The molecule has 1 heterocycles. The number of amides is 3. The molecule has 1 aromatic carbocycles. The topological polar surface area (TPSA) is 196 Å². The van der Waals surface area contributed by atoms with Crippen molar-refractivity contribution in [3.63, 3.8) is 0 Å².